The molecular weight excluding hydrogens is 253 g/mol. The first-order chi connectivity index (χ1) is 6.93. The highest BCUT2D eigenvalue weighted by atomic mass is 35.5. The van der Waals surface area contributed by atoms with Gasteiger partial charge < -0.3 is 9.84 Å². The second-order valence-electron chi connectivity index (χ2n) is 2.42. The van der Waals surface area contributed by atoms with Gasteiger partial charge in [0.2, 0.25) is 0 Å². The minimum Gasteiger partial charge on any atom is -0.478 e. The maximum Gasteiger partial charge on any atom is 0.387 e. The number of carbonyl (C=O) groups is 1. The van der Waals surface area contributed by atoms with E-state index in [0.717, 1.165) is 6.07 Å². The van der Waals surface area contributed by atoms with Gasteiger partial charge in [-0.3, -0.25) is 0 Å². The Morgan fingerprint density at radius 3 is 2.47 bits per heavy atom. The number of halogens is 4. The second kappa shape index (κ2) is 4.63. The SMILES string of the molecule is O=C(O)c1ccc(Cl)c(Cl)c1OC(F)F. The lowest BCUT2D eigenvalue weighted by atomic mass is 10.2. The van der Waals surface area contributed by atoms with Crippen molar-refractivity contribution in [2.45, 2.75) is 6.61 Å². The van der Waals surface area contributed by atoms with Gasteiger partial charge in [-0.1, -0.05) is 23.2 Å². The third-order valence-electron chi connectivity index (χ3n) is 1.49. The summed E-state index contributed by atoms with van der Waals surface area (Å²) >= 11 is 11.1. The van der Waals surface area contributed by atoms with Crippen molar-refractivity contribution in [3.05, 3.63) is 27.7 Å². The molecule has 1 N–H and O–H groups in total. The average Bonchev–Trinajstić information content (AvgIpc) is 2.12. The molecular formula is C8H4Cl2F2O3. The summed E-state index contributed by atoms with van der Waals surface area (Å²) in [7, 11) is 0. The number of hydrogen-bond donors (Lipinski definition) is 1. The van der Waals surface area contributed by atoms with Crippen LogP contribution < -0.4 is 4.74 Å². The summed E-state index contributed by atoms with van der Waals surface area (Å²) in [5.74, 6) is -2.06. The molecule has 0 spiro atoms. The van der Waals surface area contributed by atoms with Crippen molar-refractivity contribution < 1.29 is 23.4 Å². The number of carboxylic acid groups (broad SMARTS) is 1. The predicted octanol–water partition coefficient (Wildman–Crippen LogP) is 3.29. The van der Waals surface area contributed by atoms with E-state index in [9.17, 15) is 13.6 Å². The Morgan fingerprint density at radius 2 is 2.00 bits per heavy atom. The van der Waals surface area contributed by atoms with E-state index in [0.29, 0.717) is 0 Å². The lowest BCUT2D eigenvalue weighted by Crippen LogP contribution is -2.08. The van der Waals surface area contributed by atoms with Crippen LogP contribution in [-0.2, 0) is 0 Å². The number of rotatable bonds is 3. The highest BCUT2D eigenvalue weighted by Gasteiger charge is 2.20. The van der Waals surface area contributed by atoms with Gasteiger partial charge in [0.1, 0.15) is 10.6 Å². The molecule has 0 radical (unpaired) electrons. The molecule has 3 nitrogen and oxygen atoms in total. The Kier molecular flexibility index (Phi) is 3.71. The van der Waals surface area contributed by atoms with Gasteiger partial charge in [-0.25, -0.2) is 4.79 Å². The zero-order valence-electron chi connectivity index (χ0n) is 7.01. The molecule has 1 aromatic rings. The molecule has 0 amide bonds. The molecule has 7 heteroatoms. The molecule has 0 aliphatic rings. The first-order valence-electron chi connectivity index (χ1n) is 3.59. The van der Waals surface area contributed by atoms with Crippen molar-refractivity contribution in [2.24, 2.45) is 0 Å². The van der Waals surface area contributed by atoms with E-state index in [2.05, 4.69) is 4.74 Å². The van der Waals surface area contributed by atoms with Crippen LogP contribution in [0.3, 0.4) is 0 Å². The minimum atomic E-state index is -3.17. The molecule has 15 heavy (non-hydrogen) atoms. The van der Waals surface area contributed by atoms with E-state index >= 15 is 0 Å². The minimum absolute atomic E-state index is 0.0580. The lowest BCUT2D eigenvalue weighted by molar-refractivity contribution is -0.0502. The summed E-state index contributed by atoms with van der Waals surface area (Å²) in [6.45, 7) is -3.17. The third-order valence-corrected chi connectivity index (χ3v) is 2.27. The van der Waals surface area contributed by atoms with Crippen molar-refractivity contribution >= 4 is 29.2 Å². The molecule has 0 aliphatic heterocycles. The van der Waals surface area contributed by atoms with Crippen LogP contribution in [0.5, 0.6) is 5.75 Å². The molecule has 0 aromatic heterocycles. The zero-order valence-corrected chi connectivity index (χ0v) is 8.52. The molecule has 0 unspecified atom stereocenters. The van der Waals surface area contributed by atoms with E-state index < -0.39 is 23.9 Å². The molecule has 0 saturated heterocycles. The highest BCUT2D eigenvalue weighted by molar-refractivity contribution is 6.43. The largest absolute Gasteiger partial charge is 0.478 e. The van der Waals surface area contributed by atoms with Crippen LogP contribution in [0.15, 0.2) is 12.1 Å². The number of hydrogen-bond acceptors (Lipinski definition) is 2. The fourth-order valence-corrected chi connectivity index (χ4v) is 1.26. The number of carboxylic acids is 1. The van der Waals surface area contributed by atoms with Gasteiger partial charge in [0, 0.05) is 0 Å². The Bertz CT molecular complexity index is 396. The number of benzene rings is 1. The monoisotopic (exact) mass is 256 g/mol. The zero-order chi connectivity index (χ0) is 11.6. The molecule has 0 saturated carbocycles. The molecule has 0 fully saturated rings. The first-order valence-corrected chi connectivity index (χ1v) is 4.35. The van der Waals surface area contributed by atoms with Gasteiger partial charge in [0.25, 0.3) is 0 Å². The van der Waals surface area contributed by atoms with Gasteiger partial charge in [-0.2, -0.15) is 8.78 Å². The Hall–Kier alpha value is -1.07. The number of ether oxygens (including phenoxy) is 1. The molecule has 0 atom stereocenters. The second-order valence-corrected chi connectivity index (χ2v) is 3.21. The van der Waals surface area contributed by atoms with Gasteiger partial charge in [-0.15, -0.1) is 0 Å². The summed E-state index contributed by atoms with van der Waals surface area (Å²) in [6.07, 6.45) is 0. The van der Waals surface area contributed by atoms with E-state index in [4.69, 9.17) is 28.3 Å². The Morgan fingerprint density at radius 1 is 1.40 bits per heavy atom. The van der Waals surface area contributed by atoms with Gasteiger partial charge >= 0.3 is 12.6 Å². The summed E-state index contributed by atoms with van der Waals surface area (Å²) in [5, 5.41) is 8.26. The van der Waals surface area contributed by atoms with Crippen molar-refractivity contribution in [1.29, 1.82) is 0 Å². The highest BCUT2D eigenvalue weighted by Crippen LogP contribution is 2.36. The van der Waals surface area contributed by atoms with E-state index in [1.807, 2.05) is 0 Å². The summed E-state index contributed by atoms with van der Waals surface area (Å²) in [6, 6.07) is 2.22. The fourth-order valence-electron chi connectivity index (χ4n) is 0.905. The fraction of sp³-hybridized carbons (Fsp3) is 0.125. The van der Waals surface area contributed by atoms with Crippen LogP contribution in [0.1, 0.15) is 10.4 Å². The first kappa shape index (κ1) is 12.0. The third kappa shape index (κ3) is 2.70. The maximum absolute atomic E-state index is 12.0. The van der Waals surface area contributed by atoms with Crippen LogP contribution in [0.25, 0.3) is 0 Å². The van der Waals surface area contributed by atoms with Gasteiger partial charge in [-0.05, 0) is 12.1 Å². The molecule has 0 bridgehead atoms. The van der Waals surface area contributed by atoms with Crippen LogP contribution in [0.4, 0.5) is 8.78 Å². The Balaban J connectivity index is 3.28. The quantitative estimate of drug-likeness (QED) is 0.903. The summed E-state index contributed by atoms with van der Waals surface area (Å²) in [4.78, 5) is 10.6. The van der Waals surface area contributed by atoms with Crippen molar-refractivity contribution in [1.82, 2.24) is 0 Å². The summed E-state index contributed by atoms with van der Waals surface area (Å²) < 4.78 is 27.9. The molecule has 0 heterocycles. The van der Waals surface area contributed by atoms with Crippen LogP contribution in [0, 0.1) is 0 Å². The topological polar surface area (TPSA) is 46.5 Å². The number of aromatic carboxylic acids is 1. The Labute approximate surface area is 93.2 Å². The van der Waals surface area contributed by atoms with Crippen LogP contribution in [-0.4, -0.2) is 17.7 Å². The van der Waals surface area contributed by atoms with Crippen LogP contribution in [0.2, 0.25) is 10.0 Å². The standard InChI is InChI=1S/C8H4Cl2F2O3/c9-4-2-1-3(7(13)14)6(5(4)10)15-8(11)12/h1-2,8H,(H,13,14). The van der Waals surface area contributed by atoms with Crippen LogP contribution >= 0.6 is 23.2 Å². The predicted molar refractivity (Wildman–Crippen MR) is 50.1 cm³/mol. The normalized spacial score (nSPS) is 10.5. The average molecular weight is 257 g/mol. The van der Waals surface area contributed by atoms with Gasteiger partial charge in [0.05, 0.1) is 5.02 Å². The van der Waals surface area contributed by atoms with E-state index in [-0.39, 0.29) is 10.0 Å². The van der Waals surface area contributed by atoms with Crippen molar-refractivity contribution in [3.8, 4) is 5.75 Å². The maximum atomic E-state index is 12.0. The molecule has 82 valence electrons. The summed E-state index contributed by atoms with van der Waals surface area (Å²) in [5.41, 5.74) is -0.468. The van der Waals surface area contributed by atoms with E-state index in [1.54, 1.807) is 0 Å². The molecule has 1 aromatic carbocycles. The number of alkyl halides is 2. The van der Waals surface area contributed by atoms with Crippen molar-refractivity contribution in [3.63, 3.8) is 0 Å². The van der Waals surface area contributed by atoms with E-state index in [1.165, 1.54) is 6.07 Å². The van der Waals surface area contributed by atoms with Crippen molar-refractivity contribution in [2.75, 3.05) is 0 Å². The molecule has 1 rings (SSSR count). The van der Waals surface area contributed by atoms with Gasteiger partial charge in [0.15, 0.2) is 5.75 Å². The molecule has 0 aliphatic carbocycles. The lowest BCUT2D eigenvalue weighted by Gasteiger charge is -2.10. The smallest absolute Gasteiger partial charge is 0.387 e.